The number of rotatable bonds is 18. The molecule has 0 heterocycles. The minimum absolute atomic E-state index is 0.318. The van der Waals surface area contributed by atoms with Crippen LogP contribution < -0.4 is 0 Å². The van der Waals surface area contributed by atoms with Crippen molar-refractivity contribution in [1.82, 2.24) is 0 Å². The normalized spacial score (nSPS) is 13.5. The van der Waals surface area contributed by atoms with Crippen molar-refractivity contribution in [3.63, 3.8) is 0 Å². The summed E-state index contributed by atoms with van der Waals surface area (Å²) in [5, 5.41) is 0. The summed E-state index contributed by atoms with van der Waals surface area (Å²) in [7, 11) is -1.03. The van der Waals surface area contributed by atoms with Crippen molar-refractivity contribution in [2.75, 3.05) is 59.5 Å². The first-order chi connectivity index (χ1) is 12.1. The fourth-order valence-electron chi connectivity index (χ4n) is 1.98. The molecule has 0 aromatic rings. The van der Waals surface area contributed by atoms with Crippen molar-refractivity contribution in [2.45, 2.75) is 47.0 Å². The molecule has 0 aromatic carbocycles. The van der Waals surface area contributed by atoms with E-state index in [1.165, 1.54) is 6.40 Å². The summed E-state index contributed by atoms with van der Waals surface area (Å²) in [6.45, 7) is 15.2. The van der Waals surface area contributed by atoms with Gasteiger partial charge in [-0.3, -0.25) is 4.99 Å². The van der Waals surface area contributed by atoms with E-state index in [1.807, 2.05) is 13.6 Å². The first kappa shape index (κ1) is 24.7. The monoisotopic (exact) mass is 379 g/mol. The average molecular weight is 379 g/mol. The summed E-state index contributed by atoms with van der Waals surface area (Å²) in [6, 6.07) is 0. The van der Waals surface area contributed by atoms with Crippen LogP contribution in [0.5, 0.6) is 0 Å². The Labute approximate surface area is 155 Å². The Kier molecular flexibility index (Phi) is 17.0. The molecule has 150 valence electrons. The van der Waals surface area contributed by atoms with E-state index in [1.54, 1.807) is 0 Å². The number of nitrogens with zero attached hydrogens (tertiary/aromatic N) is 1. The molecular formula is C18H38NO5P. The van der Waals surface area contributed by atoms with Crippen LogP contribution in [0.3, 0.4) is 0 Å². The van der Waals surface area contributed by atoms with Crippen LogP contribution >= 0.6 is 8.38 Å². The highest BCUT2D eigenvalue weighted by atomic mass is 31.2. The molecular weight excluding hydrogens is 341 g/mol. The van der Waals surface area contributed by atoms with Crippen LogP contribution in [-0.2, 0) is 23.3 Å². The van der Waals surface area contributed by atoms with Gasteiger partial charge < -0.3 is 23.3 Å². The lowest BCUT2D eigenvalue weighted by atomic mass is 9.92. The van der Waals surface area contributed by atoms with Gasteiger partial charge in [0.05, 0.1) is 31.8 Å². The van der Waals surface area contributed by atoms with Gasteiger partial charge in [-0.15, -0.1) is 0 Å². The molecule has 0 N–H and O–H groups in total. The maximum Gasteiger partial charge on any atom is 0.228 e. The number of hydrogen-bond donors (Lipinski definition) is 0. The fraction of sp³-hybridized carbons (Fsp3) is 0.944. The van der Waals surface area contributed by atoms with Crippen LogP contribution in [0.1, 0.15) is 47.0 Å². The summed E-state index contributed by atoms with van der Waals surface area (Å²) < 4.78 is 29.0. The molecule has 1 atom stereocenters. The first-order valence-corrected chi connectivity index (χ1v) is 11.0. The summed E-state index contributed by atoms with van der Waals surface area (Å²) in [5.74, 6) is 0. The first-order valence-electron chi connectivity index (χ1n) is 9.39. The number of hydrogen-bond acceptors (Lipinski definition) is 6. The third-order valence-corrected chi connectivity index (χ3v) is 4.16. The summed E-state index contributed by atoms with van der Waals surface area (Å²) in [4.78, 5) is 4.05. The molecule has 0 rings (SSSR count). The average Bonchev–Trinajstić information content (AvgIpc) is 2.61. The molecule has 0 saturated carbocycles. The Morgan fingerprint density at radius 2 is 1.28 bits per heavy atom. The quantitative estimate of drug-likeness (QED) is 0.154. The van der Waals surface area contributed by atoms with Gasteiger partial charge in [-0.2, -0.15) is 0 Å². The smallest absolute Gasteiger partial charge is 0.228 e. The molecule has 0 aromatic heterocycles. The van der Waals surface area contributed by atoms with E-state index in [2.05, 4.69) is 25.8 Å². The minimum Gasteiger partial charge on any atom is -0.437 e. The predicted octanol–water partition coefficient (Wildman–Crippen LogP) is 4.28. The van der Waals surface area contributed by atoms with Gasteiger partial charge in [0, 0.05) is 33.0 Å². The number of aliphatic imine (C=N–C) groups is 1. The Hall–Kier alpha value is -0.260. The second-order valence-electron chi connectivity index (χ2n) is 6.08. The number of ether oxygens (including phenoxy) is 3. The highest BCUT2D eigenvalue weighted by Gasteiger charge is 2.33. The zero-order valence-electron chi connectivity index (χ0n) is 16.8. The summed E-state index contributed by atoms with van der Waals surface area (Å²) in [5.41, 5.74) is -0.318. The highest BCUT2D eigenvalue weighted by Crippen LogP contribution is 2.35. The highest BCUT2D eigenvalue weighted by molar-refractivity contribution is 7.46. The van der Waals surface area contributed by atoms with Crippen LogP contribution in [0.15, 0.2) is 4.99 Å². The van der Waals surface area contributed by atoms with Gasteiger partial charge in [-0.25, -0.2) is 0 Å². The molecule has 0 amide bonds. The van der Waals surface area contributed by atoms with E-state index in [0.29, 0.717) is 33.0 Å². The van der Waals surface area contributed by atoms with Crippen molar-refractivity contribution in [3.05, 3.63) is 0 Å². The van der Waals surface area contributed by atoms with Crippen LogP contribution in [0.25, 0.3) is 0 Å². The fourth-order valence-corrected chi connectivity index (χ4v) is 2.70. The van der Waals surface area contributed by atoms with Crippen molar-refractivity contribution in [2.24, 2.45) is 10.4 Å². The Morgan fingerprint density at radius 1 is 0.800 bits per heavy atom. The van der Waals surface area contributed by atoms with E-state index in [9.17, 15) is 0 Å². The predicted molar refractivity (Wildman–Crippen MR) is 105 cm³/mol. The van der Waals surface area contributed by atoms with Crippen LogP contribution in [0.2, 0.25) is 0 Å². The van der Waals surface area contributed by atoms with Gasteiger partial charge in [-0.05, 0) is 26.2 Å². The van der Waals surface area contributed by atoms with Crippen molar-refractivity contribution in [1.29, 1.82) is 0 Å². The lowest BCUT2D eigenvalue weighted by Crippen LogP contribution is -2.41. The Morgan fingerprint density at radius 3 is 1.68 bits per heavy atom. The molecule has 0 aliphatic heterocycles. The van der Waals surface area contributed by atoms with Crippen LogP contribution in [0.4, 0.5) is 0 Å². The molecule has 0 saturated heterocycles. The van der Waals surface area contributed by atoms with E-state index >= 15 is 0 Å². The standard InChI is InChI=1S/C18H38NO5P/c1-6-10-20-13-18(14-21-11-7-2,15-22-12-8-3)16-23-25(5)24-17-19-9-4/h17H,6-16H2,1-5H3/b19-17+. The second kappa shape index (κ2) is 17.2. The molecule has 0 aliphatic carbocycles. The lowest BCUT2D eigenvalue weighted by Gasteiger charge is -2.33. The van der Waals surface area contributed by atoms with Crippen molar-refractivity contribution in [3.8, 4) is 0 Å². The van der Waals surface area contributed by atoms with E-state index < -0.39 is 8.38 Å². The van der Waals surface area contributed by atoms with Crippen LogP contribution in [-0.4, -0.2) is 65.9 Å². The second-order valence-corrected chi connectivity index (χ2v) is 7.43. The van der Waals surface area contributed by atoms with Gasteiger partial charge in [0.25, 0.3) is 0 Å². The molecule has 6 nitrogen and oxygen atoms in total. The zero-order chi connectivity index (χ0) is 18.8. The van der Waals surface area contributed by atoms with Crippen molar-refractivity contribution >= 4 is 14.8 Å². The van der Waals surface area contributed by atoms with E-state index in [4.69, 9.17) is 23.3 Å². The molecule has 0 fully saturated rings. The lowest BCUT2D eigenvalue weighted by molar-refractivity contribution is -0.0875. The van der Waals surface area contributed by atoms with Gasteiger partial charge in [0.1, 0.15) is 0 Å². The van der Waals surface area contributed by atoms with E-state index in [-0.39, 0.29) is 5.41 Å². The molecule has 25 heavy (non-hydrogen) atoms. The van der Waals surface area contributed by atoms with Crippen molar-refractivity contribution < 1.29 is 23.3 Å². The van der Waals surface area contributed by atoms with Gasteiger partial charge in [0.15, 0.2) is 6.40 Å². The molecule has 7 heteroatoms. The van der Waals surface area contributed by atoms with Gasteiger partial charge in [-0.1, -0.05) is 20.8 Å². The third-order valence-electron chi connectivity index (χ3n) is 3.28. The molecule has 0 radical (unpaired) electrons. The largest absolute Gasteiger partial charge is 0.437 e. The zero-order valence-corrected chi connectivity index (χ0v) is 17.7. The SMILES string of the molecule is CCCOCC(COCCC)(COCCC)COP(C)O/C=N/CC. The molecule has 0 spiro atoms. The third kappa shape index (κ3) is 13.6. The maximum absolute atomic E-state index is 5.96. The Bertz CT molecular complexity index is 291. The Balaban J connectivity index is 4.76. The molecule has 1 unspecified atom stereocenters. The minimum atomic E-state index is -1.03. The summed E-state index contributed by atoms with van der Waals surface area (Å²) >= 11 is 0. The molecule has 0 aliphatic rings. The summed E-state index contributed by atoms with van der Waals surface area (Å²) in [6.07, 6.45) is 4.43. The van der Waals surface area contributed by atoms with E-state index in [0.717, 1.165) is 39.1 Å². The topological polar surface area (TPSA) is 58.5 Å². The molecule has 0 bridgehead atoms. The van der Waals surface area contributed by atoms with Crippen LogP contribution in [0, 0.1) is 5.41 Å². The van der Waals surface area contributed by atoms with Gasteiger partial charge in [0.2, 0.25) is 8.38 Å². The maximum atomic E-state index is 5.96. The van der Waals surface area contributed by atoms with Gasteiger partial charge >= 0.3 is 0 Å².